The first-order chi connectivity index (χ1) is 11.7. The average molecular weight is 326 g/mol. The molecule has 0 atom stereocenters. The molecule has 0 unspecified atom stereocenters. The summed E-state index contributed by atoms with van der Waals surface area (Å²) in [4.78, 5) is 26.0. The molecule has 0 bridgehead atoms. The van der Waals surface area contributed by atoms with Crippen LogP contribution in [0.25, 0.3) is 0 Å². The number of amides is 2. The third kappa shape index (κ3) is 4.25. The van der Waals surface area contributed by atoms with Crippen molar-refractivity contribution in [1.82, 2.24) is 10.2 Å². The van der Waals surface area contributed by atoms with E-state index in [1.807, 2.05) is 41.3 Å². The van der Waals surface area contributed by atoms with Crippen LogP contribution in [0.5, 0.6) is 0 Å². The van der Waals surface area contributed by atoms with E-state index in [4.69, 9.17) is 4.42 Å². The van der Waals surface area contributed by atoms with Gasteiger partial charge in [0.15, 0.2) is 0 Å². The molecule has 2 heterocycles. The monoisotopic (exact) mass is 326 g/mol. The number of rotatable bonds is 6. The second-order valence-corrected chi connectivity index (χ2v) is 6.05. The summed E-state index contributed by atoms with van der Waals surface area (Å²) in [6.45, 7) is 2.17. The molecule has 1 aliphatic heterocycles. The number of benzene rings is 1. The largest absolute Gasteiger partial charge is 0.469 e. The Morgan fingerprint density at radius 3 is 2.50 bits per heavy atom. The molecule has 126 valence electrons. The second kappa shape index (κ2) is 7.81. The van der Waals surface area contributed by atoms with Gasteiger partial charge in [0.2, 0.25) is 5.91 Å². The zero-order chi connectivity index (χ0) is 16.8. The number of likely N-dealkylation sites (tertiary alicyclic amines) is 1. The molecule has 3 rings (SSSR count). The van der Waals surface area contributed by atoms with Crippen LogP contribution in [0.1, 0.15) is 40.9 Å². The number of furan rings is 1. The third-order valence-electron chi connectivity index (χ3n) is 4.26. The number of hydrogen-bond donors (Lipinski definition) is 1. The Morgan fingerprint density at radius 1 is 1.08 bits per heavy atom. The smallest absolute Gasteiger partial charge is 0.253 e. The van der Waals surface area contributed by atoms with E-state index >= 15 is 0 Å². The van der Waals surface area contributed by atoms with E-state index in [1.165, 1.54) is 0 Å². The van der Waals surface area contributed by atoms with Crippen molar-refractivity contribution in [2.45, 2.75) is 32.2 Å². The van der Waals surface area contributed by atoms with Crippen molar-refractivity contribution < 1.29 is 14.0 Å². The normalized spacial score (nSPS) is 13.9. The van der Waals surface area contributed by atoms with Crippen LogP contribution in [0.15, 0.2) is 47.1 Å². The summed E-state index contributed by atoms with van der Waals surface area (Å²) in [7, 11) is 0. The molecular formula is C19H22N2O3. The summed E-state index contributed by atoms with van der Waals surface area (Å²) in [5.41, 5.74) is 1.70. The highest BCUT2D eigenvalue weighted by Gasteiger charge is 2.19. The lowest BCUT2D eigenvalue weighted by Crippen LogP contribution is -2.27. The Hall–Kier alpha value is -2.56. The van der Waals surface area contributed by atoms with Gasteiger partial charge in [-0.3, -0.25) is 9.59 Å². The predicted octanol–water partition coefficient (Wildman–Crippen LogP) is 2.76. The lowest BCUT2D eigenvalue weighted by molar-refractivity contribution is -0.121. The van der Waals surface area contributed by atoms with E-state index < -0.39 is 0 Å². The van der Waals surface area contributed by atoms with Crippen LogP contribution in [0.2, 0.25) is 0 Å². The van der Waals surface area contributed by atoms with Crippen LogP contribution in [0, 0.1) is 0 Å². The van der Waals surface area contributed by atoms with Crippen LogP contribution in [-0.2, 0) is 17.8 Å². The number of carbonyl (C=O) groups is 2. The summed E-state index contributed by atoms with van der Waals surface area (Å²) in [5.74, 6) is 0.903. The van der Waals surface area contributed by atoms with Gasteiger partial charge in [-0.1, -0.05) is 12.1 Å². The van der Waals surface area contributed by atoms with Gasteiger partial charge in [0.25, 0.3) is 5.91 Å². The first kappa shape index (κ1) is 16.3. The summed E-state index contributed by atoms with van der Waals surface area (Å²) in [5, 5.41) is 2.89. The Bertz CT molecular complexity index is 671. The SMILES string of the molecule is O=C(CCc1ccco1)NCc1ccc(C(=O)N2CCCC2)cc1. The molecule has 0 spiro atoms. The Kier molecular flexibility index (Phi) is 5.31. The molecule has 0 saturated carbocycles. The highest BCUT2D eigenvalue weighted by Crippen LogP contribution is 2.13. The number of hydrogen-bond acceptors (Lipinski definition) is 3. The number of nitrogens with one attached hydrogen (secondary N) is 1. The van der Waals surface area contributed by atoms with E-state index in [1.54, 1.807) is 6.26 Å². The molecule has 24 heavy (non-hydrogen) atoms. The lowest BCUT2D eigenvalue weighted by Gasteiger charge is -2.15. The molecule has 2 aromatic rings. The minimum Gasteiger partial charge on any atom is -0.469 e. The third-order valence-corrected chi connectivity index (χ3v) is 4.26. The fourth-order valence-corrected chi connectivity index (χ4v) is 2.85. The first-order valence-corrected chi connectivity index (χ1v) is 8.40. The van der Waals surface area contributed by atoms with Crippen molar-refractivity contribution in [1.29, 1.82) is 0 Å². The molecular weight excluding hydrogens is 304 g/mol. The average Bonchev–Trinajstić information content (AvgIpc) is 3.31. The van der Waals surface area contributed by atoms with E-state index in [2.05, 4.69) is 5.32 Å². The molecule has 2 amide bonds. The maximum atomic E-state index is 12.3. The molecule has 1 aliphatic rings. The number of carbonyl (C=O) groups excluding carboxylic acids is 2. The maximum Gasteiger partial charge on any atom is 0.253 e. The maximum absolute atomic E-state index is 12.3. The molecule has 1 fully saturated rings. The van der Waals surface area contributed by atoms with Gasteiger partial charge < -0.3 is 14.6 Å². The summed E-state index contributed by atoms with van der Waals surface area (Å²) >= 11 is 0. The van der Waals surface area contributed by atoms with Crippen molar-refractivity contribution >= 4 is 11.8 Å². The molecule has 1 saturated heterocycles. The van der Waals surface area contributed by atoms with Crippen molar-refractivity contribution in [2.75, 3.05) is 13.1 Å². The lowest BCUT2D eigenvalue weighted by atomic mass is 10.1. The van der Waals surface area contributed by atoms with Gasteiger partial charge in [0, 0.05) is 38.0 Å². The molecule has 1 aromatic carbocycles. The number of aryl methyl sites for hydroxylation is 1. The minimum atomic E-state index is -0.0105. The second-order valence-electron chi connectivity index (χ2n) is 6.05. The zero-order valence-electron chi connectivity index (χ0n) is 13.7. The zero-order valence-corrected chi connectivity index (χ0v) is 13.7. The van der Waals surface area contributed by atoms with E-state index in [0.717, 1.165) is 37.3 Å². The molecule has 1 aromatic heterocycles. The minimum absolute atomic E-state index is 0.0105. The topological polar surface area (TPSA) is 62.6 Å². The fraction of sp³-hybridized carbons (Fsp3) is 0.368. The van der Waals surface area contributed by atoms with Crippen molar-refractivity contribution in [3.8, 4) is 0 Å². The first-order valence-electron chi connectivity index (χ1n) is 8.40. The predicted molar refractivity (Wildman–Crippen MR) is 90.5 cm³/mol. The summed E-state index contributed by atoms with van der Waals surface area (Å²) in [6.07, 6.45) is 4.79. The van der Waals surface area contributed by atoms with Gasteiger partial charge in [-0.2, -0.15) is 0 Å². The Labute approximate surface area is 141 Å². The van der Waals surface area contributed by atoms with Crippen LogP contribution in [0.4, 0.5) is 0 Å². The standard InChI is InChI=1S/C19H22N2O3/c22-18(10-9-17-4-3-13-24-17)20-14-15-5-7-16(8-6-15)19(23)21-11-1-2-12-21/h3-8,13H,1-2,9-12,14H2,(H,20,22). The van der Waals surface area contributed by atoms with Gasteiger partial charge in [0.1, 0.15) is 5.76 Å². The van der Waals surface area contributed by atoms with E-state index in [9.17, 15) is 9.59 Å². The van der Waals surface area contributed by atoms with Gasteiger partial charge >= 0.3 is 0 Å². The summed E-state index contributed by atoms with van der Waals surface area (Å²) < 4.78 is 5.21. The fourth-order valence-electron chi connectivity index (χ4n) is 2.85. The highest BCUT2D eigenvalue weighted by molar-refractivity contribution is 5.94. The van der Waals surface area contributed by atoms with Gasteiger partial charge in [-0.05, 0) is 42.7 Å². The van der Waals surface area contributed by atoms with Crippen LogP contribution in [-0.4, -0.2) is 29.8 Å². The number of nitrogens with zero attached hydrogens (tertiary/aromatic N) is 1. The van der Waals surface area contributed by atoms with Crippen LogP contribution >= 0.6 is 0 Å². The van der Waals surface area contributed by atoms with Crippen molar-refractivity contribution in [3.05, 3.63) is 59.5 Å². The molecule has 5 heteroatoms. The molecule has 1 N–H and O–H groups in total. The quantitative estimate of drug-likeness (QED) is 0.888. The van der Waals surface area contributed by atoms with Gasteiger partial charge in [-0.25, -0.2) is 0 Å². The molecule has 5 nitrogen and oxygen atoms in total. The highest BCUT2D eigenvalue weighted by atomic mass is 16.3. The van der Waals surface area contributed by atoms with Crippen molar-refractivity contribution in [2.24, 2.45) is 0 Å². The Balaban J connectivity index is 1.45. The van der Waals surface area contributed by atoms with Crippen molar-refractivity contribution in [3.63, 3.8) is 0 Å². The van der Waals surface area contributed by atoms with E-state index in [0.29, 0.717) is 24.9 Å². The molecule has 0 aliphatic carbocycles. The van der Waals surface area contributed by atoms with E-state index in [-0.39, 0.29) is 11.8 Å². The Morgan fingerprint density at radius 2 is 1.83 bits per heavy atom. The van der Waals surface area contributed by atoms with Crippen LogP contribution < -0.4 is 5.32 Å². The van der Waals surface area contributed by atoms with Gasteiger partial charge in [-0.15, -0.1) is 0 Å². The summed E-state index contributed by atoms with van der Waals surface area (Å²) in [6, 6.07) is 11.2. The molecule has 0 radical (unpaired) electrons. The van der Waals surface area contributed by atoms with Crippen LogP contribution in [0.3, 0.4) is 0 Å². The van der Waals surface area contributed by atoms with Gasteiger partial charge in [0.05, 0.1) is 6.26 Å².